The smallest absolute Gasteiger partial charge is 0.416 e. The molecule has 5 nitrogen and oxygen atoms in total. The molecule has 0 amide bonds. The lowest BCUT2D eigenvalue weighted by molar-refractivity contribution is -0.137. The van der Waals surface area contributed by atoms with Gasteiger partial charge in [0.1, 0.15) is 6.61 Å². The van der Waals surface area contributed by atoms with Crippen LogP contribution in [0.15, 0.2) is 42.5 Å². The van der Waals surface area contributed by atoms with Crippen LogP contribution >= 0.6 is 11.6 Å². The fourth-order valence-electron chi connectivity index (χ4n) is 2.13. The van der Waals surface area contributed by atoms with E-state index in [0.717, 1.165) is 12.1 Å². The minimum atomic E-state index is -4.48. The van der Waals surface area contributed by atoms with Gasteiger partial charge < -0.3 is 15.2 Å². The number of nitrogens with one attached hydrogen (secondary N) is 1. The number of carbonyl (C=O) groups is 2. The number of rotatable bonds is 8. The van der Waals surface area contributed by atoms with Gasteiger partial charge >= 0.3 is 12.1 Å². The van der Waals surface area contributed by atoms with E-state index < -0.39 is 17.7 Å². The second-order valence-corrected chi connectivity index (χ2v) is 5.98. The van der Waals surface area contributed by atoms with Crippen LogP contribution in [0, 0.1) is 0 Å². The number of benzene rings is 2. The molecule has 0 atom stereocenters. The van der Waals surface area contributed by atoms with Crippen molar-refractivity contribution in [2.24, 2.45) is 0 Å². The van der Waals surface area contributed by atoms with E-state index in [0.29, 0.717) is 11.3 Å². The highest BCUT2D eigenvalue weighted by Gasteiger charge is 2.30. The first-order valence-corrected chi connectivity index (χ1v) is 8.07. The van der Waals surface area contributed by atoms with E-state index in [1.54, 1.807) is 12.1 Å². The van der Waals surface area contributed by atoms with Crippen LogP contribution in [-0.2, 0) is 22.3 Å². The molecule has 27 heavy (non-hydrogen) atoms. The van der Waals surface area contributed by atoms with Crippen LogP contribution in [0.1, 0.15) is 21.5 Å². The lowest BCUT2D eigenvalue weighted by atomic mass is 10.1. The number of halogens is 4. The number of anilines is 1. The van der Waals surface area contributed by atoms with Crippen molar-refractivity contribution in [1.29, 1.82) is 0 Å². The lowest BCUT2D eigenvalue weighted by Gasteiger charge is -2.10. The van der Waals surface area contributed by atoms with E-state index >= 15 is 0 Å². The number of alkyl halides is 3. The average Bonchev–Trinajstić information content (AvgIpc) is 2.60. The Kier molecular flexibility index (Phi) is 6.81. The summed E-state index contributed by atoms with van der Waals surface area (Å²) in [6.07, 6.45) is -4.48. The number of hydrogen-bond acceptors (Lipinski definition) is 4. The summed E-state index contributed by atoms with van der Waals surface area (Å²) in [7, 11) is 0. The second kappa shape index (κ2) is 8.88. The summed E-state index contributed by atoms with van der Waals surface area (Å²) in [4.78, 5) is 22.7. The molecule has 0 aliphatic heterocycles. The maximum atomic E-state index is 12.6. The van der Waals surface area contributed by atoms with Gasteiger partial charge in [0.2, 0.25) is 0 Å². The minimum Gasteiger partial charge on any atom is -0.478 e. The highest BCUT2D eigenvalue weighted by atomic mass is 35.5. The number of hydrogen-bond donors (Lipinski definition) is 2. The van der Waals surface area contributed by atoms with E-state index in [9.17, 15) is 22.8 Å². The minimum absolute atomic E-state index is 0.0839. The van der Waals surface area contributed by atoms with Gasteiger partial charge in [-0.2, -0.15) is 13.2 Å². The molecule has 2 rings (SSSR count). The van der Waals surface area contributed by atoms with Crippen LogP contribution in [0.5, 0.6) is 0 Å². The Balaban J connectivity index is 1.81. The normalized spacial score (nSPS) is 11.3. The SMILES string of the molecule is O=C(CNc1cccc(C(=O)O)c1)COCc1ccc(C(F)(F)F)cc1Cl. The summed E-state index contributed by atoms with van der Waals surface area (Å²) < 4.78 is 42.9. The van der Waals surface area contributed by atoms with Gasteiger partial charge in [-0.05, 0) is 35.9 Å². The molecule has 0 spiro atoms. The lowest BCUT2D eigenvalue weighted by Crippen LogP contribution is -2.19. The van der Waals surface area contributed by atoms with Gasteiger partial charge in [0.05, 0.1) is 24.3 Å². The summed E-state index contributed by atoms with van der Waals surface area (Å²) >= 11 is 5.81. The first kappa shape index (κ1) is 20.7. The van der Waals surface area contributed by atoms with Crippen LogP contribution in [-0.4, -0.2) is 30.0 Å². The Bertz CT molecular complexity index is 840. The van der Waals surface area contributed by atoms with Gasteiger partial charge in [0, 0.05) is 10.7 Å². The molecule has 2 N–H and O–H groups in total. The molecule has 0 radical (unpaired) electrons. The number of carboxylic acids is 1. The molecule has 0 saturated carbocycles. The molecule has 0 fully saturated rings. The van der Waals surface area contributed by atoms with E-state index in [1.165, 1.54) is 18.2 Å². The van der Waals surface area contributed by atoms with Crippen LogP contribution < -0.4 is 5.32 Å². The number of aromatic carboxylic acids is 1. The Morgan fingerprint density at radius 1 is 1.15 bits per heavy atom. The summed E-state index contributed by atoms with van der Waals surface area (Å²) in [5.74, 6) is -1.40. The van der Waals surface area contributed by atoms with Crippen LogP contribution in [0.2, 0.25) is 5.02 Å². The molecule has 0 unspecified atom stereocenters. The van der Waals surface area contributed by atoms with Crippen molar-refractivity contribution in [3.05, 3.63) is 64.2 Å². The zero-order valence-corrected chi connectivity index (χ0v) is 14.6. The largest absolute Gasteiger partial charge is 0.478 e. The van der Waals surface area contributed by atoms with E-state index in [1.807, 2.05) is 0 Å². The Morgan fingerprint density at radius 2 is 1.89 bits per heavy atom. The zero-order valence-electron chi connectivity index (χ0n) is 13.8. The summed E-state index contributed by atoms with van der Waals surface area (Å²) in [5.41, 5.74) is 0.0226. The number of Topliss-reactive ketones (excluding diaryl/α,β-unsaturated/α-hetero) is 1. The van der Waals surface area contributed by atoms with Crippen molar-refractivity contribution in [2.75, 3.05) is 18.5 Å². The number of carboxylic acid groups (broad SMARTS) is 1. The van der Waals surface area contributed by atoms with E-state index in [2.05, 4.69) is 5.32 Å². The summed E-state index contributed by atoms with van der Waals surface area (Å²) in [6, 6.07) is 8.86. The topological polar surface area (TPSA) is 75.6 Å². The number of carbonyl (C=O) groups excluding carboxylic acids is 1. The zero-order chi connectivity index (χ0) is 20.0. The second-order valence-electron chi connectivity index (χ2n) is 5.57. The maximum absolute atomic E-state index is 12.6. The van der Waals surface area contributed by atoms with Crippen molar-refractivity contribution in [1.82, 2.24) is 0 Å². The predicted molar refractivity (Wildman–Crippen MR) is 93.0 cm³/mol. The maximum Gasteiger partial charge on any atom is 0.416 e. The quantitative estimate of drug-likeness (QED) is 0.691. The van der Waals surface area contributed by atoms with Gasteiger partial charge in [-0.15, -0.1) is 0 Å². The summed E-state index contributed by atoms with van der Waals surface area (Å²) in [5, 5.41) is 11.6. The van der Waals surface area contributed by atoms with Gasteiger partial charge in [-0.1, -0.05) is 23.7 Å². The molecular weight excluding hydrogens is 387 g/mol. The Labute approximate surface area is 157 Å². The van der Waals surface area contributed by atoms with E-state index in [4.69, 9.17) is 21.4 Å². The molecule has 0 aromatic heterocycles. The fourth-order valence-corrected chi connectivity index (χ4v) is 2.36. The average molecular weight is 402 g/mol. The van der Waals surface area contributed by atoms with Crippen LogP contribution in [0.4, 0.5) is 18.9 Å². The molecule has 0 heterocycles. The van der Waals surface area contributed by atoms with Crippen molar-refractivity contribution in [3.8, 4) is 0 Å². The van der Waals surface area contributed by atoms with Crippen LogP contribution in [0.25, 0.3) is 0 Å². The van der Waals surface area contributed by atoms with Gasteiger partial charge in [0.15, 0.2) is 5.78 Å². The Hall–Kier alpha value is -2.58. The standard InChI is InChI=1S/C18H15ClF3NO4/c19-16-7-13(18(20,21)22)5-4-12(16)9-27-10-15(24)8-23-14-3-1-2-11(6-14)17(25)26/h1-7,23H,8-10H2,(H,25,26). The van der Waals surface area contributed by atoms with Crippen LogP contribution in [0.3, 0.4) is 0 Å². The molecular formula is C18H15ClF3NO4. The molecule has 0 bridgehead atoms. The predicted octanol–water partition coefficient (Wildman–Crippen LogP) is 4.25. The van der Waals surface area contributed by atoms with Crippen molar-refractivity contribution >= 4 is 29.0 Å². The molecule has 144 valence electrons. The first-order valence-electron chi connectivity index (χ1n) is 7.69. The van der Waals surface area contributed by atoms with Crippen molar-refractivity contribution in [3.63, 3.8) is 0 Å². The fraction of sp³-hybridized carbons (Fsp3) is 0.222. The molecule has 0 aliphatic carbocycles. The molecule has 0 aliphatic rings. The number of ether oxygens (including phenoxy) is 1. The summed E-state index contributed by atoms with van der Waals surface area (Å²) in [6.45, 7) is -0.482. The monoisotopic (exact) mass is 401 g/mol. The molecule has 9 heteroatoms. The highest BCUT2D eigenvalue weighted by Crippen LogP contribution is 2.32. The molecule has 0 saturated heterocycles. The molecule has 2 aromatic rings. The van der Waals surface area contributed by atoms with Crippen molar-refractivity contribution < 1.29 is 32.6 Å². The van der Waals surface area contributed by atoms with Gasteiger partial charge in [-0.25, -0.2) is 4.79 Å². The number of ketones is 1. The first-order chi connectivity index (χ1) is 12.7. The van der Waals surface area contributed by atoms with E-state index in [-0.39, 0.29) is 36.1 Å². The van der Waals surface area contributed by atoms with Gasteiger partial charge in [-0.3, -0.25) is 4.79 Å². The third-order valence-corrected chi connectivity index (χ3v) is 3.85. The Morgan fingerprint density at radius 3 is 2.52 bits per heavy atom. The third kappa shape index (κ3) is 6.26. The third-order valence-electron chi connectivity index (χ3n) is 3.50. The molecule has 2 aromatic carbocycles. The highest BCUT2D eigenvalue weighted by molar-refractivity contribution is 6.31. The van der Waals surface area contributed by atoms with Crippen molar-refractivity contribution in [2.45, 2.75) is 12.8 Å². The van der Waals surface area contributed by atoms with Gasteiger partial charge in [0.25, 0.3) is 0 Å².